The van der Waals surface area contributed by atoms with Gasteiger partial charge in [0.25, 0.3) is 5.91 Å². The number of hydroxylamine groups is 1. The number of aliphatic hydroxyl groups excluding tert-OH is 1. The fraction of sp³-hybridized carbons (Fsp3) is 0.0625. The van der Waals surface area contributed by atoms with Gasteiger partial charge in [-0.25, -0.2) is 10.5 Å². The van der Waals surface area contributed by atoms with Crippen LogP contribution in [0.2, 0.25) is 0 Å². The minimum absolute atomic E-state index is 0.0944. The highest BCUT2D eigenvalue weighted by atomic mass is 16.5. The number of carbonyl (C=O) groups excluding carboxylic acids is 1. The molecule has 1 aromatic heterocycles. The van der Waals surface area contributed by atoms with E-state index in [4.69, 9.17) is 5.21 Å². The Morgan fingerprint density at radius 1 is 1.14 bits per heavy atom. The molecule has 110 valence electrons. The number of carbonyl (C=O) groups is 1. The molecule has 6 nitrogen and oxygen atoms in total. The van der Waals surface area contributed by atoms with Gasteiger partial charge in [-0.3, -0.25) is 15.0 Å². The third-order valence-corrected chi connectivity index (χ3v) is 3.37. The fourth-order valence-electron chi connectivity index (χ4n) is 2.26. The molecule has 3 aromatic rings. The zero-order valence-electron chi connectivity index (χ0n) is 11.5. The normalized spacial score (nSPS) is 10.6. The highest BCUT2D eigenvalue weighted by molar-refractivity contribution is 5.96. The molecule has 0 aliphatic heterocycles. The summed E-state index contributed by atoms with van der Waals surface area (Å²) in [5.74, 6) is -0.607. The van der Waals surface area contributed by atoms with Crippen LogP contribution >= 0.6 is 0 Å². The Hall–Kier alpha value is -2.83. The zero-order chi connectivity index (χ0) is 15.5. The Bertz CT molecular complexity index is 849. The molecule has 1 heterocycles. The van der Waals surface area contributed by atoms with Gasteiger partial charge in [0.15, 0.2) is 0 Å². The number of rotatable bonds is 3. The van der Waals surface area contributed by atoms with E-state index in [-0.39, 0.29) is 12.2 Å². The molecule has 0 unspecified atom stereocenters. The molecule has 6 heteroatoms. The topological polar surface area (TPSA) is 95.3 Å². The Morgan fingerprint density at radius 3 is 2.73 bits per heavy atom. The van der Waals surface area contributed by atoms with Gasteiger partial charge in [0.2, 0.25) is 0 Å². The average molecular weight is 295 g/mol. The summed E-state index contributed by atoms with van der Waals surface area (Å²) in [4.78, 5) is 20.3. The van der Waals surface area contributed by atoms with E-state index >= 15 is 0 Å². The first kappa shape index (κ1) is 14.1. The zero-order valence-corrected chi connectivity index (χ0v) is 11.5. The summed E-state index contributed by atoms with van der Waals surface area (Å²) in [6.07, 6.45) is 1.63. The van der Waals surface area contributed by atoms with E-state index in [1.165, 1.54) is 0 Å². The van der Waals surface area contributed by atoms with Crippen molar-refractivity contribution in [3.05, 3.63) is 59.8 Å². The van der Waals surface area contributed by atoms with Crippen LogP contribution in [0.3, 0.4) is 0 Å². The summed E-state index contributed by atoms with van der Waals surface area (Å²) in [5, 5.41) is 18.1. The van der Waals surface area contributed by atoms with Crippen LogP contribution in [0.1, 0.15) is 15.9 Å². The molecule has 2 aromatic carbocycles. The van der Waals surface area contributed by atoms with Crippen molar-refractivity contribution in [2.45, 2.75) is 6.61 Å². The van der Waals surface area contributed by atoms with E-state index in [2.05, 4.69) is 9.97 Å². The van der Waals surface area contributed by atoms with Crippen LogP contribution in [0.15, 0.2) is 48.7 Å². The highest BCUT2D eigenvalue weighted by Gasteiger charge is 2.09. The Kier molecular flexibility index (Phi) is 3.78. The van der Waals surface area contributed by atoms with Crippen molar-refractivity contribution in [1.82, 2.24) is 15.4 Å². The monoisotopic (exact) mass is 295 g/mol. The number of nitrogens with one attached hydrogen (secondary N) is 1. The van der Waals surface area contributed by atoms with Crippen molar-refractivity contribution in [2.75, 3.05) is 0 Å². The summed E-state index contributed by atoms with van der Waals surface area (Å²) in [5.41, 5.74) is 5.20. The van der Waals surface area contributed by atoms with E-state index in [0.29, 0.717) is 16.7 Å². The molecule has 1 amide bonds. The minimum atomic E-state index is -0.607. The number of fused-ring (bicyclic) bond motifs is 1. The molecular formula is C16H13N3O3. The van der Waals surface area contributed by atoms with Gasteiger partial charge < -0.3 is 5.11 Å². The maximum Gasteiger partial charge on any atom is 0.274 e. The van der Waals surface area contributed by atoms with Crippen molar-refractivity contribution in [1.29, 1.82) is 0 Å². The van der Waals surface area contributed by atoms with Crippen LogP contribution in [0, 0.1) is 0 Å². The molecule has 0 aliphatic carbocycles. The first-order chi connectivity index (χ1) is 10.7. The lowest BCUT2D eigenvalue weighted by atomic mass is 10.1. The van der Waals surface area contributed by atoms with E-state index in [0.717, 1.165) is 11.1 Å². The SMILES string of the molecule is O=C(NO)c1ccc2ncc(-c3ccccc3CO)nc2c1. The number of aliphatic hydroxyl groups is 1. The van der Waals surface area contributed by atoms with Gasteiger partial charge in [0.05, 0.1) is 29.5 Å². The van der Waals surface area contributed by atoms with Gasteiger partial charge in [0.1, 0.15) is 0 Å². The minimum Gasteiger partial charge on any atom is -0.392 e. The van der Waals surface area contributed by atoms with Crippen LogP contribution in [0.5, 0.6) is 0 Å². The summed E-state index contributed by atoms with van der Waals surface area (Å²) >= 11 is 0. The van der Waals surface area contributed by atoms with Crippen LogP contribution in [0.25, 0.3) is 22.3 Å². The number of aromatic nitrogens is 2. The lowest BCUT2D eigenvalue weighted by molar-refractivity contribution is 0.0706. The number of hydrogen-bond donors (Lipinski definition) is 3. The van der Waals surface area contributed by atoms with Crippen molar-refractivity contribution in [3.63, 3.8) is 0 Å². The second-order valence-corrected chi connectivity index (χ2v) is 4.71. The van der Waals surface area contributed by atoms with Crippen LogP contribution in [-0.2, 0) is 6.61 Å². The second-order valence-electron chi connectivity index (χ2n) is 4.71. The van der Waals surface area contributed by atoms with Crippen molar-refractivity contribution in [2.24, 2.45) is 0 Å². The van der Waals surface area contributed by atoms with Crippen molar-refractivity contribution >= 4 is 16.9 Å². The number of amides is 1. The molecule has 0 aliphatic rings. The largest absolute Gasteiger partial charge is 0.392 e. The Balaban J connectivity index is 2.14. The van der Waals surface area contributed by atoms with E-state index in [1.54, 1.807) is 29.9 Å². The van der Waals surface area contributed by atoms with Crippen molar-refractivity contribution < 1.29 is 15.1 Å². The summed E-state index contributed by atoms with van der Waals surface area (Å²) in [6.45, 7) is -0.0944. The van der Waals surface area contributed by atoms with Gasteiger partial charge in [-0.15, -0.1) is 0 Å². The number of hydrogen-bond acceptors (Lipinski definition) is 5. The lowest BCUT2D eigenvalue weighted by Gasteiger charge is -2.07. The van der Waals surface area contributed by atoms with Gasteiger partial charge in [-0.1, -0.05) is 24.3 Å². The second kappa shape index (κ2) is 5.88. The quantitative estimate of drug-likeness (QED) is 0.507. The lowest BCUT2D eigenvalue weighted by Crippen LogP contribution is -2.18. The third kappa shape index (κ3) is 2.52. The molecule has 22 heavy (non-hydrogen) atoms. The molecular weight excluding hydrogens is 282 g/mol. The average Bonchev–Trinajstić information content (AvgIpc) is 2.60. The van der Waals surface area contributed by atoms with E-state index < -0.39 is 5.91 Å². The summed E-state index contributed by atoms with van der Waals surface area (Å²) < 4.78 is 0. The van der Waals surface area contributed by atoms with Crippen molar-refractivity contribution in [3.8, 4) is 11.3 Å². The molecule has 3 rings (SSSR count). The molecule has 0 fully saturated rings. The van der Waals surface area contributed by atoms with Crippen LogP contribution in [0.4, 0.5) is 0 Å². The molecule has 0 bridgehead atoms. The molecule has 0 atom stereocenters. The number of benzene rings is 2. The molecule has 0 saturated heterocycles. The Morgan fingerprint density at radius 2 is 1.95 bits per heavy atom. The van der Waals surface area contributed by atoms with Gasteiger partial charge in [0, 0.05) is 11.1 Å². The predicted octanol–water partition coefficient (Wildman–Crippen LogP) is 1.91. The molecule has 0 spiro atoms. The Labute approximate surface area is 126 Å². The first-order valence-electron chi connectivity index (χ1n) is 6.63. The van der Waals surface area contributed by atoms with Gasteiger partial charge in [-0.05, 0) is 23.8 Å². The molecule has 0 radical (unpaired) electrons. The highest BCUT2D eigenvalue weighted by Crippen LogP contribution is 2.23. The van der Waals surface area contributed by atoms with Gasteiger partial charge >= 0.3 is 0 Å². The summed E-state index contributed by atoms with van der Waals surface area (Å²) in [7, 11) is 0. The molecule has 3 N–H and O–H groups in total. The third-order valence-electron chi connectivity index (χ3n) is 3.37. The van der Waals surface area contributed by atoms with Crippen LogP contribution in [-0.4, -0.2) is 26.2 Å². The summed E-state index contributed by atoms with van der Waals surface area (Å²) in [6, 6.07) is 12.1. The smallest absolute Gasteiger partial charge is 0.274 e. The maximum absolute atomic E-state index is 11.5. The number of nitrogens with zero attached hydrogens (tertiary/aromatic N) is 2. The maximum atomic E-state index is 11.5. The van der Waals surface area contributed by atoms with Gasteiger partial charge in [-0.2, -0.15) is 0 Å². The first-order valence-corrected chi connectivity index (χ1v) is 6.63. The van der Waals surface area contributed by atoms with Crippen LogP contribution < -0.4 is 5.48 Å². The van der Waals surface area contributed by atoms with E-state index in [1.807, 2.05) is 24.3 Å². The molecule has 0 saturated carbocycles. The standard InChI is InChI=1S/C16H13N3O3/c20-9-11-3-1-2-4-12(11)15-8-17-13-6-5-10(16(21)19-22)7-14(13)18-15/h1-8,20,22H,9H2,(H,19,21). The predicted molar refractivity (Wildman–Crippen MR) is 80.1 cm³/mol. The van der Waals surface area contributed by atoms with E-state index in [9.17, 15) is 9.90 Å². The fourth-order valence-corrected chi connectivity index (χ4v) is 2.26.